The number of nitrogens with zero attached hydrogens (tertiary/aromatic N) is 2. The molecule has 0 spiro atoms. The van der Waals surface area contributed by atoms with Crippen molar-refractivity contribution in [3.05, 3.63) is 29.0 Å². The van der Waals surface area contributed by atoms with Crippen molar-refractivity contribution in [3.8, 4) is 0 Å². The molecular weight excluding hydrogens is 237 g/mol. The van der Waals surface area contributed by atoms with E-state index in [1.807, 2.05) is 6.07 Å². The molecule has 1 aliphatic heterocycles. The second kappa shape index (κ2) is 4.68. The van der Waals surface area contributed by atoms with Gasteiger partial charge in [0.1, 0.15) is 10.8 Å². The van der Waals surface area contributed by atoms with E-state index in [4.69, 9.17) is 0 Å². The first-order chi connectivity index (χ1) is 8.31. The SMILES string of the molecule is Fc1ccc2sc(CN3CCNCC3)nc2c1. The Kier molecular flexibility index (Phi) is 3.05. The van der Waals surface area contributed by atoms with Crippen molar-refractivity contribution in [3.63, 3.8) is 0 Å². The molecule has 0 bridgehead atoms. The lowest BCUT2D eigenvalue weighted by atomic mass is 10.3. The van der Waals surface area contributed by atoms with Crippen molar-refractivity contribution in [2.45, 2.75) is 6.54 Å². The van der Waals surface area contributed by atoms with Crippen LogP contribution < -0.4 is 5.32 Å². The van der Waals surface area contributed by atoms with Crippen LogP contribution in [-0.2, 0) is 6.54 Å². The average molecular weight is 251 g/mol. The van der Waals surface area contributed by atoms with Crippen LogP contribution in [0.1, 0.15) is 5.01 Å². The maximum atomic E-state index is 13.1. The van der Waals surface area contributed by atoms with Crippen LogP contribution in [0.25, 0.3) is 10.2 Å². The van der Waals surface area contributed by atoms with Gasteiger partial charge >= 0.3 is 0 Å². The summed E-state index contributed by atoms with van der Waals surface area (Å²) in [6, 6.07) is 4.81. The van der Waals surface area contributed by atoms with E-state index in [1.165, 1.54) is 12.1 Å². The van der Waals surface area contributed by atoms with E-state index in [1.54, 1.807) is 11.3 Å². The minimum atomic E-state index is -0.212. The molecule has 0 aliphatic carbocycles. The fraction of sp³-hybridized carbons (Fsp3) is 0.417. The molecule has 5 heteroatoms. The molecule has 1 aliphatic rings. The molecule has 3 nitrogen and oxygen atoms in total. The minimum absolute atomic E-state index is 0.212. The van der Waals surface area contributed by atoms with Crippen molar-refractivity contribution < 1.29 is 4.39 Å². The van der Waals surface area contributed by atoms with E-state index in [-0.39, 0.29) is 5.82 Å². The molecule has 90 valence electrons. The highest BCUT2D eigenvalue weighted by Crippen LogP contribution is 2.23. The number of rotatable bonds is 2. The topological polar surface area (TPSA) is 28.2 Å². The van der Waals surface area contributed by atoms with Gasteiger partial charge in [0.25, 0.3) is 0 Å². The molecule has 0 atom stereocenters. The lowest BCUT2D eigenvalue weighted by molar-refractivity contribution is 0.233. The Bertz CT molecular complexity index is 519. The van der Waals surface area contributed by atoms with Crippen molar-refractivity contribution >= 4 is 21.6 Å². The Morgan fingerprint density at radius 1 is 1.35 bits per heavy atom. The smallest absolute Gasteiger partial charge is 0.125 e. The zero-order valence-corrected chi connectivity index (χ0v) is 10.3. The molecule has 3 rings (SSSR count). The molecular formula is C12H14FN3S. The summed E-state index contributed by atoms with van der Waals surface area (Å²) in [5, 5.41) is 4.40. The van der Waals surface area contributed by atoms with Gasteiger partial charge in [-0.3, -0.25) is 4.90 Å². The van der Waals surface area contributed by atoms with Gasteiger partial charge in [-0.2, -0.15) is 0 Å². The number of halogens is 1. The summed E-state index contributed by atoms with van der Waals surface area (Å²) in [4.78, 5) is 6.86. The van der Waals surface area contributed by atoms with Gasteiger partial charge in [0.15, 0.2) is 0 Å². The fourth-order valence-corrected chi connectivity index (χ4v) is 3.07. The highest BCUT2D eigenvalue weighted by atomic mass is 32.1. The third-order valence-corrected chi connectivity index (χ3v) is 3.98. The number of hydrogen-bond donors (Lipinski definition) is 1. The highest BCUT2D eigenvalue weighted by Gasteiger charge is 2.12. The molecule has 17 heavy (non-hydrogen) atoms. The van der Waals surface area contributed by atoms with Crippen molar-refractivity contribution in [1.29, 1.82) is 0 Å². The highest BCUT2D eigenvalue weighted by molar-refractivity contribution is 7.18. The van der Waals surface area contributed by atoms with Gasteiger partial charge < -0.3 is 5.32 Å². The van der Waals surface area contributed by atoms with Crippen molar-refractivity contribution in [2.24, 2.45) is 0 Å². The fourth-order valence-electron chi connectivity index (χ4n) is 2.08. The van der Waals surface area contributed by atoms with E-state index < -0.39 is 0 Å². The Morgan fingerprint density at radius 3 is 3.00 bits per heavy atom. The predicted molar refractivity (Wildman–Crippen MR) is 67.7 cm³/mol. The Morgan fingerprint density at radius 2 is 2.18 bits per heavy atom. The normalized spacial score (nSPS) is 17.7. The number of piperazine rings is 1. The first kappa shape index (κ1) is 11.1. The summed E-state index contributed by atoms with van der Waals surface area (Å²) in [7, 11) is 0. The summed E-state index contributed by atoms with van der Waals surface area (Å²) in [6.07, 6.45) is 0. The molecule has 1 saturated heterocycles. The van der Waals surface area contributed by atoms with E-state index in [0.29, 0.717) is 0 Å². The number of fused-ring (bicyclic) bond motifs is 1. The molecule has 0 radical (unpaired) electrons. The average Bonchev–Trinajstić information content (AvgIpc) is 2.71. The quantitative estimate of drug-likeness (QED) is 0.882. The molecule has 0 unspecified atom stereocenters. The summed E-state index contributed by atoms with van der Waals surface area (Å²) in [5.74, 6) is -0.212. The summed E-state index contributed by atoms with van der Waals surface area (Å²) < 4.78 is 14.1. The lowest BCUT2D eigenvalue weighted by Gasteiger charge is -2.25. The number of aromatic nitrogens is 1. The van der Waals surface area contributed by atoms with E-state index in [2.05, 4.69) is 15.2 Å². The molecule has 0 amide bonds. The molecule has 2 aromatic rings. The second-order valence-corrected chi connectivity index (χ2v) is 5.36. The third kappa shape index (κ3) is 2.46. The molecule has 1 aromatic carbocycles. The number of nitrogens with one attached hydrogen (secondary N) is 1. The summed E-state index contributed by atoms with van der Waals surface area (Å²) in [6.45, 7) is 5.08. The molecule has 2 heterocycles. The van der Waals surface area contributed by atoms with Crippen LogP contribution in [-0.4, -0.2) is 36.1 Å². The van der Waals surface area contributed by atoms with Gasteiger partial charge in [-0.05, 0) is 12.1 Å². The zero-order valence-electron chi connectivity index (χ0n) is 9.45. The molecule has 0 saturated carbocycles. The van der Waals surface area contributed by atoms with Crippen LogP contribution in [0.3, 0.4) is 0 Å². The van der Waals surface area contributed by atoms with E-state index in [9.17, 15) is 4.39 Å². The molecule has 1 aromatic heterocycles. The lowest BCUT2D eigenvalue weighted by Crippen LogP contribution is -2.42. The Balaban J connectivity index is 1.80. The van der Waals surface area contributed by atoms with Gasteiger partial charge in [-0.25, -0.2) is 9.37 Å². The van der Waals surface area contributed by atoms with Gasteiger partial charge in [-0.1, -0.05) is 0 Å². The Hall–Kier alpha value is -1.04. The van der Waals surface area contributed by atoms with E-state index >= 15 is 0 Å². The summed E-state index contributed by atoms with van der Waals surface area (Å²) in [5.41, 5.74) is 0.778. The largest absolute Gasteiger partial charge is 0.314 e. The Labute approximate surface area is 103 Å². The third-order valence-electron chi connectivity index (χ3n) is 2.96. The minimum Gasteiger partial charge on any atom is -0.314 e. The van der Waals surface area contributed by atoms with Crippen LogP contribution >= 0.6 is 11.3 Å². The van der Waals surface area contributed by atoms with Gasteiger partial charge in [0.05, 0.1) is 16.8 Å². The van der Waals surface area contributed by atoms with Crippen LogP contribution in [0.5, 0.6) is 0 Å². The van der Waals surface area contributed by atoms with Crippen LogP contribution in [0, 0.1) is 5.82 Å². The second-order valence-electron chi connectivity index (χ2n) is 4.25. The summed E-state index contributed by atoms with van der Waals surface area (Å²) >= 11 is 1.66. The van der Waals surface area contributed by atoms with Crippen molar-refractivity contribution in [1.82, 2.24) is 15.2 Å². The van der Waals surface area contributed by atoms with Gasteiger partial charge in [0.2, 0.25) is 0 Å². The maximum Gasteiger partial charge on any atom is 0.125 e. The van der Waals surface area contributed by atoms with Crippen LogP contribution in [0.2, 0.25) is 0 Å². The first-order valence-corrected chi connectivity index (χ1v) is 6.61. The predicted octanol–water partition coefficient (Wildman–Crippen LogP) is 1.84. The monoisotopic (exact) mass is 251 g/mol. The van der Waals surface area contributed by atoms with Crippen LogP contribution in [0.15, 0.2) is 18.2 Å². The van der Waals surface area contributed by atoms with Gasteiger partial charge in [-0.15, -0.1) is 11.3 Å². The zero-order chi connectivity index (χ0) is 11.7. The first-order valence-electron chi connectivity index (χ1n) is 5.79. The van der Waals surface area contributed by atoms with Gasteiger partial charge in [0, 0.05) is 32.2 Å². The van der Waals surface area contributed by atoms with Crippen LogP contribution in [0.4, 0.5) is 4.39 Å². The number of thiazole rings is 1. The van der Waals surface area contributed by atoms with Crippen molar-refractivity contribution in [2.75, 3.05) is 26.2 Å². The maximum absolute atomic E-state index is 13.1. The standard InChI is InChI=1S/C12H14FN3S/c13-9-1-2-11-10(7-9)15-12(17-11)8-16-5-3-14-4-6-16/h1-2,7,14H,3-6,8H2. The number of hydrogen-bond acceptors (Lipinski definition) is 4. The van der Waals surface area contributed by atoms with E-state index in [0.717, 1.165) is 47.9 Å². The molecule has 1 N–H and O–H groups in total. The molecule has 1 fully saturated rings. The number of benzene rings is 1.